The molecule has 2 aromatic carbocycles. The minimum absolute atomic E-state index is 0.0416. The molecule has 1 heterocycles. The molecule has 0 bridgehead atoms. The smallest absolute Gasteiger partial charge is 0.266 e. The van der Waals surface area contributed by atoms with Crippen LogP contribution >= 0.6 is 15.9 Å². The number of halogens is 1. The second-order valence-corrected chi connectivity index (χ2v) is 8.22. The molecule has 0 atom stereocenters. The molecule has 0 aliphatic carbocycles. The Kier molecular flexibility index (Phi) is 5.12. The summed E-state index contributed by atoms with van der Waals surface area (Å²) in [5.74, 6) is 0.296. The predicted molar refractivity (Wildman–Crippen MR) is 102 cm³/mol. The average Bonchev–Trinajstić information content (AvgIpc) is 2.93. The molecule has 0 unspecified atom stereocenters. The number of imidazole rings is 1. The first-order valence-electron chi connectivity index (χ1n) is 7.86. The van der Waals surface area contributed by atoms with Gasteiger partial charge in [0.25, 0.3) is 15.9 Å². The van der Waals surface area contributed by atoms with Crippen molar-refractivity contribution in [1.29, 1.82) is 0 Å². The Morgan fingerprint density at radius 3 is 2.69 bits per heavy atom. The first kappa shape index (κ1) is 18.6. The van der Waals surface area contributed by atoms with Crippen molar-refractivity contribution in [2.75, 3.05) is 0 Å². The van der Waals surface area contributed by atoms with Crippen molar-refractivity contribution >= 4 is 42.9 Å². The summed E-state index contributed by atoms with van der Waals surface area (Å²) in [7, 11) is -3.87. The van der Waals surface area contributed by atoms with Crippen LogP contribution in [0.25, 0.3) is 11.0 Å². The van der Waals surface area contributed by atoms with Crippen LogP contribution in [0.5, 0.6) is 0 Å². The minimum Gasteiger partial charge on any atom is -0.329 e. The normalized spacial score (nSPS) is 11.7. The zero-order valence-corrected chi connectivity index (χ0v) is 16.6. The predicted octanol–water partition coefficient (Wildman–Crippen LogP) is 2.75. The monoisotopic (exact) mass is 436 g/mol. The number of rotatable bonds is 5. The number of carbonyl (C=O) groups is 1. The Hall–Kier alpha value is -2.23. The van der Waals surface area contributed by atoms with E-state index in [0.29, 0.717) is 15.6 Å². The molecule has 136 valence electrons. The molecule has 1 aromatic heterocycles. The van der Waals surface area contributed by atoms with E-state index in [1.165, 1.54) is 12.1 Å². The average molecular weight is 437 g/mol. The lowest BCUT2D eigenvalue weighted by molar-refractivity contribution is 0.0945. The topological polar surface area (TPSA) is 93.1 Å². The molecule has 0 aliphatic heterocycles. The lowest BCUT2D eigenvalue weighted by atomic mass is 10.2. The first-order chi connectivity index (χ1) is 12.3. The number of fused-ring (bicyclic) bond motifs is 1. The number of aromatic nitrogens is 2. The summed E-state index contributed by atoms with van der Waals surface area (Å²) in [5, 5.41) is 0. The van der Waals surface area contributed by atoms with Gasteiger partial charge in [-0.1, -0.05) is 22.0 Å². The summed E-state index contributed by atoms with van der Waals surface area (Å²) < 4.78 is 27.2. The summed E-state index contributed by atoms with van der Waals surface area (Å²) in [6.45, 7) is 4.70. The van der Waals surface area contributed by atoms with Gasteiger partial charge in [0.2, 0.25) is 0 Å². The van der Waals surface area contributed by atoms with Crippen molar-refractivity contribution in [1.82, 2.24) is 19.8 Å². The van der Waals surface area contributed by atoms with E-state index in [2.05, 4.69) is 31.2 Å². The van der Waals surface area contributed by atoms with E-state index in [0.717, 1.165) is 17.9 Å². The Balaban J connectivity index is 1.79. The van der Waals surface area contributed by atoms with Crippen LogP contribution in [0.2, 0.25) is 0 Å². The Labute approximate surface area is 159 Å². The largest absolute Gasteiger partial charge is 0.329 e. The molecule has 0 saturated carbocycles. The zero-order chi connectivity index (χ0) is 18.9. The quantitative estimate of drug-likeness (QED) is 0.601. The SMILES string of the molecule is CCn1c(C)nc2cc(C(=O)NNS(=O)(=O)c3cccc(Br)c3)ccc21. The van der Waals surface area contributed by atoms with Gasteiger partial charge in [0, 0.05) is 16.6 Å². The second kappa shape index (κ2) is 7.18. The van der Waals surface area contributed by atoms with E-state index in [9.17, 15) is 13.2 Å². The number of nitrogens with one attached hydrogen (secondary N) is 2. The van der Waals surface area contributed by atoms with Gasteiger partial charge < -0.3 is 4.57 Å². The van der Waals surface area contributed by atoms with Crippen molar-refractivity contribution in [3.63, 3.8) is 0 Å². The van der Waals surface area contributed by atoms with E-state index < -0.39 is 15.9 Å². The van der Waals surface area contributed by atoms with Gasteiger partial charge in [0.15, 0.2) is 0 Å². The number of hydrogen-bond donors (Lipinski definition) is 2. The first-order valence-corrected chi connectivity index (χ1v) is 10.1. The summed E-state index contributed by atoms with van der Waals surface area (Å²) in [5.41, 5.74) is 4.16. The highest BCUT2D eigenvalue weighted by Crippen LogP contribution is 2.18. The summed E-state index contributed by atoms with van der Waals surface area (Å²) >= 11 is 3.22. The van der Waals surface area contributed by atoms with Crippen LogP contribution < -0.4 is 10.3 Å². The van der Waals surface area contributed by atoms with E-state index in [4.69, 9.17) is 0 Å². The molecule has 2 N–H and O–H groups in total. The fourth-order valence-electron chi connectivity index (χ4n) is 2.67. The number of benzene rings is 2. The van der Waals surface area contributed by atoms with Crippen LogP contribution in [0.3, 0.4) is 0 Å². The maximum atomic E-state index is 12.3. The van der Waals surface area contributed by atoms with Crippen molar-refractivity contribution in [3.8, 4) is 0 Å². The molecule has 7 nitrogen and oxygen atoms in total. The highest BCUT2D eigenvalue weighted by molar-refractivity contribution is 9.10. The highest BCUT2D eigenvalue weighted by Gasteiger charge is 2.17. The van der Waals surface area contributed by atoms with Gasteiger partial charge in [-0.3, -0.25) is 10.2 Å². The van der Waals surface area contributed by atoms with E-state index >= 15 is 0 Å². The second-order valence-electron chi connectivity index (χ2n) is 5.62. The molecule has 0 fully saturated rings. The number of sulfonamides is 1. The molecule has 9 heteroatoms. The molecule has 3 aromatic rings. The fraction of sp³-hybridized carbons (Fsp3) is 0.176. The summed E-state index contributed by atoms with van der Waals surface area (Å²) in [4.78, 5) is 18.9. The van der Waals surface area contributed by atoms with Gasteiger partial charge in [-0.25, -0.2) is 13.4 Å². The summed E-state index contributed by atoms with van der Waals surface area (Å²) in [6, 6.07) is 11.3. The lowest BCUT2D eigenvalue weighted by Crippen LogP contribution is -2.41. The van der Waals surface area contributed by atoms with Crippen LogP contribution in [0.1, 0.15) is 23.1 Å². The molecule has 26 heavy (non-hydrogen) atoms. The van der Waals surface area contributed by atoms with Crippen LogP contribution in [0.4, 0.5) is 0 Å². The van der Waals surface area contributed by atoms with Crippen molar-refractivity contribution in [3.05, 3.63) is 58.3 Å². The number of hydrazine groups is 1. The van der Waals surface area contributed by atoms with Gasteiger partial charge >= 0.3 is 0 Å². The molecule has 0 radical (unpaired) electrons. The van der Waals surface area contributed by atoms with Gasteiger partial charge in [-0.05, 0) is 50.2 Å². The van der Waals surface area contributed by atoms with E-state index in [1.54, 1.807) is 30.3 Å². The maximum Gasteiger partial charge on any atom is 0.266 e. The molecule has 3 rings (SSSR count). The third-order valence-electron chi connectivity index (χ3n) is 3.92. The van der Waals surface area contributed by atoms with E-state index in [-0.39, 0.29) is 4.90 Å². The Morgan fingerprint density at radius 1 is 1.23 bits per heavy atom. The number of amides is 1. The fourth-order valence-corrected chi connectivity index (χ4v) is 4.10. The number of hydrogen-bond acceptors (Lipinski definition) is 4. The molecular formula is C17H17BrN4O3S. The third kappa shape index (κ3) is 3.64. The zero-order valence-electron chi connectivity index (χ0n) is 14.2. The molecular weight excluding hydrogens is 420 g/mol. The van der Waals surface area contributed by atoms with Gasteiger partial charge in [-0.15, -0.1) is 4.83 Å². The van der Waals surface area contributed by atoms with Crippen molar-refractivity contribution in [2.45, 2.75) is 25.3 Å². The Bertz CT molecular complexity index is 1090. The van der Waals surface area contributed by atoms with Gasteiger partial charge in [0.05, 0.1) is 15.9 Å². The van der Waals surface area contributed by atoms with Crippen LogP contribution in [0, 0.1) is 6.92 Å². The van der Waals surface area contributed by atoms with Gasteiger partial charge in [0.1, 0.15) is 5.82 Å². The third-order valence-corrected chi connectivity index (χ3v) is 5.66. The number of nitrogens with zero attached hydrogens (tertiary/aromatic N) is 2. The lowest BCUT2D eigenvalue weighted by Gasteiger charge is -2.09. The molecule has 1 amide bonds. The molecule has 0 spiro atoms. The van der Waals surface area contributed by atoms with E-state index in [1.807, 2.05) is 18.4 Å². The summed E-state index contributed by atoms with van der Waals surface area (Å²) in [6.07, 6.45) is 0. The van der Waals surface area contributed by atoms with Crippen LogP contribution in [-0.4, -0.2) is 23.9 Å². The standard InChI is InChI=1S/C17H17BrN4O3S/c1-3-22-11(2)19-15-9-12(7-8-16(15)22)17(23)20-21-26(24,25)14-6-4-5-13(18)10-14/h4-10,21H,3H2,1-2H3,(H,20,23). The van der Waals surface area contributed by atoms with Crippen molar-refractivity contribution in [2.24, 2.45) is 0 Å². The van der Waals surface area contributed by atoms with Gasteiger partial charge in [-0.2, -0.15) is 0 Å². The number of aryl methyl sites for hydroxylation is 2. The van der Waals surface area contributed by atoms with Crippen LogP contribution in [-0.2, 0) is 16.6 Å². The molecule has 0 aliphatic rings. The Morgan fingerprint density at radius 2 is 2.00 bits per heavy atom. The number of carbonyl (C=O) groups excluding carboxylic acids is 1. The highest BCUT2D eigenvalue weighted by atomic mass is 79.9. The molecule has 0 saturated heterocycles. The minimum atomic E-state index is -3.87. The van der Waals surface area contributed by atoms with Crippen LogP contribution in [0.15, 0.2) is 51.8 Å². The van der Waals surface area contributed by atoms with Crippen molar-refractivity contribution < 1.29 is 13.2 Å². The maximum absolute atomic E-state index is 12.3.